The zero-order valence-corrected chi connectivity index (χ0v) is 6.01. The Morgan fingerprint density at radius 2 is 1.60 bits per heavy atom. The van der Waals surface area contributed by atoms with Gasteiger partial charge in [-0.15, -0.1) is 0 Å². The fourth-order valence-electron chi connectivity index (χ4n) is 0.610. The lowest BCUT2D eigenvalue weighted by Gasteiger charge is -1.93. The molecule has 54 valence electrons. The van der Waals surface area contributed by atoms with Crippen LogP contribution >= 0.6 is 0 Å². The van der Waals surface area contributed by atoms with Crippen LogP contribution in [0, 0.1) is 0 Å². The van der Waals surface area contributed by atoms with Crippen LogP contribution in [0.25, 0.3) is 0 Å². The van der Waals surface area contributed by atoms with Gasteiger partial charge >= 0.3 is 0 Å². The maximum atomic E-state index is 10.6. The third-order valence-electron chi connectivity index (χ3n) is 1.07. The zero-order valence-electron chi connectivity index (χ0n) is 5.19. The highest BCUT2D eigenvalue weighted by Gasteiger charge is 2.03. The van der Waals surface area contributed by atoms with Crippen LogP contribution < -0.4 is 5.14 Å². The molecule has 1 rings (SSSR count). The Balaban J connectivity index is 3.22. The summed E-state index contributed by atoms with van der Waals surface area (Å²) in [5, 5.41) is 4.83. The van der Waals surface area contributed by atoms with Crippen molar-refractivity contribution in [1.82, 2.24) is 0 Å². The lowest BCUT2D eigenvalue weighted by atomic mass is 11.4. The summed E-state index contributed by atoms with van der Waals surface area (Å²) in [6.45, 7) is 0. The molecule has 0 aliphatic rings. The number of hydrogen-bond acceptors (Lipinski definition) is 2. The van der Waals surface area contributed by atoms with Crippen LogP contribution in [0.3, 0.4) is 0 Å². The Kier molecular flexibility index (Phi) is 1.74. The van der Waals surface area contributed by atoms with Gasteiger partial charge in [0, 0.05) is 0 Å². The van der Waals surface area contributed by atoms with Crippen LogP contribution in [0.2, 0.25) is 0 Å². The normalized spacial score (nSPS) is 11.3. The highest BCUT2D eigenvalue weighted by atomic mass is 32.2. The second kappa shape index (κ2) is 2.40. The second-order valence-corrected chi connectivity index (χ2v) is 3.42. The smallest absolute Gasteiger partial charge is 0.225 e. The molecule has 0 amide bonds. The number of hydrogen-bond donors (Lipinski definition) is 1. The number of nitrogens with two attached hydrogens (primary N) is 1. The maximum Gasteiger partial charge on any atom is 0.238 e. The summed E-state index contributed by atoms with van der Waals surface area (Å²) in [6.07, 6.45) is 0. The van der Waals surface area contributed by atoms with Crippen LogP contribution in [0.5, 0.6) is 0 Å². The van der Waals surface area contributed by atoms with Crippen molar-refractivity contribution in [2.24, 2.45) is 5.14 Å². The first-order valence-corrected chi connectivity index (χ1v) is 4.23. The highest BCUT2D eigenvalue weighted by molar-refractivity contribution is 7.89. The molecule has 0 saturated carbocycles. The molecule has 0 bridgehead atoms. The van der Waals surface area contributed by atoms with Crippen LogP contribution in [-0.4, -0.2) is 8.42 Å². The monoisotopic (exact) mass is 163 g/mol. The van der Waals surface area contributed by atoms with Crippen molar-refractivity contribution < 1.29 is 8.42 Å². The Morgan fingerprint density at radius 1 is 1.10 bits per heavy atom. The minimum atomic E-state index is -3.50. The van der Waals surface area contributed by atoms with Crippen molar-refractivity contribution in [1.29, 1.82) is 0 Å². The van der Waals surface area contributed by atoms with Crippen molar-refractivity contribution in [3.8, 4) is 0 Å². The molecule has 0 aliphatic carbocycles. The Labute approximate surface area is 59.5 Å². The highest BCUT2D eigenvalue weighted by Crippen LogP contribution is 2.02. The van der Waals surface area contributed by atoms with Gasteiger partial charge in [0.15, 0.2) is 0 Å². The van der Waals surface area contributed by atoms with E-state index in [1.54, 1.807) is 18.2 Å². The van der Waals surface area contributed by atoms with E-state index in [0.717, 1.165) is 0 Å². The van der Waals surface area contributed by atoms with E-state index in [2.05, 4.69) is 0 Å². The van der Waals surface area contributed by atoms with Gasteiger partial charge in [-0.2, -0.15) is 0 Å². The average molecular weight is 163 g/mol. The van der Waals surface area contributed by atoms with Crippen LogP contribution in [0.1, 0.15) is 0 Å². The first-order valence-electron chi connectivity index (χ1n) is 2.68. The molecule has 3 nitrogen and oxygen atoms in total. The lowest BCUT2D eigenvalue weighted by Crippen LogP contribution is -2.11. The molecule has 0 aromatic heterocycles. The summed E-state index contributed by atoms with van der Waals surface area (Å²) < 4.78 is 21.2. The maximum absolute atomic E-state index is 10.6. The first-order chi connectivity index (χ1) is 4.61. The molecule has 10 heavy (non-hydrogen) atoms. The zero-order chi connectivity index (χ0) is 7.61. The first kappa shape index (κ1) is 7.24. The molecule has 0 unspecified atom stereocenters. The predicted molar refractivity (Wildman–Crippen MR) is 37.8 cm³/mol. The molecule has 1 aromatic rings. The van der Waals surface area contributed by atoms with Gasteiger partial charge < -0.3 is 0 Å². The quantitative estimate of drug-likeness (QED) is 0.648. The molecule has 0 aliphatic heterocycles. The Morgan fingerprint density at radius 3 is 1.90 bits per heavy atom. The van der Waals surface area contributed by atoms with E-state index in [4.69, 9.17) is 5.14 Å². The summed E-state index contributed by atoms with van der Waals surface area (Å²) in [5.41, 5.74) is 0. The minimum Gasteiger partial charge on any atom is -0.225 e. The molecular weight excluding hydrogens is 156 g/mol. The van der Waals surface area contributed by atoms with Gasteiger partial charge in [0.2, 0.25) is 10.0 Å². The van der Waals surface area contributed by atoms with Gasteiger partial charge in [0.25, 0.3) is 0 Å². The fourth-order valence-corrected chi connectivity index (χ4v) is 1.15. The van der Waals surface area contributed by atoms with Gasteiger partial charge in [-0.25, -0.2) is 13.6 Å². The molecule has 0 radical (unpaired) electrons. The molecule has 0 heterocycles. The number of sulfonamides is 1. The van der Waals surface area contributed by atoms with E-state index in [9.17, 15) is 8.42 Å². The third-order valence-corrected chi connectivity index (χ3v) is 2.00. The topological polar surface area (TPSA) is 60.2 Å². The van der Waals surface area contributed by atoms with Crippen molar-refractivity contribution in [2.45, 2.75) is 4.90 Å². The van der Waals surface area contributed by atoms with E-state index in [0.29, 0.717) is 0 Å². The third kappa shape index (κ3) is 1.55. The molecule has 1 aromatic carbocycles. The van der Waals surface area contributed by atoms with Crippen molar-refractivity contribution >= 4 is 10.0 Å². The molecule has 0 spiro atoms. The van der Waals surface area contributed by atoms with Crippen molar-refractivity contribution in [3.05, 3.63) is 30.3 Å². The van der Waals surface area contributed by atoms with E-state index in [1.807, 2.05) is 0 Å². The van der Waals surface area contributed by atoms with Gasteiger partial charge in [-0.05, 0) is 12.1 Å². The largest absolute Gasteiger partial charge is 0.238 e. The number of primary sulfonamides is 1. The van der Waals surface area contributed by atoms with Gasteiger partial charge in [0.05, 0.1) is 4.90 Å². The Bertz CT molecular complexity index is 304. The lowest BCUT2D eigenvalue weighted by molar-refractivity contribution is 0.598. The standard InChI is InChI=1S/C6H7NO2S/c7-10(8,9)6-4-2-1-3-5-6/h1-5H,(H2,7,8,9)/i1+1,2+1,3+1,4+1,5+1,6+1. The van der Waals surface area contributed by atoms with Gasteiger partial charge in [-0.1, -0.05) is 18.2 Å². The van der Waals surface area contributed by atoms with Crippen molar-refractivity contribution in [3.63, 3.8) is 0 Å². The molecule has 2 N–H and O–H groups in total. The van der Waals surface area contributed by atoms with E-state index < -0.39 is 10.0 Å². The van der Waals surface area contributed by atoms with E-state index in [-0.39, 0.29) is 4.90 Å². The van der Waals surface area contributed by atoms with Crippen LogP contribution in [0.15, 0.2) is 35.2 Å². The summed E-state index contributed by atoms with van der Waals surface area (Å²) >= 11 is 0. The van der Waals surface area contributed by atoms with E-state index in [1.165, 1.54) is 12.1 Å². The van der Waals surface area contributed by atoms with Crippen LogP contribution in [-0.2, 0) is 10.0 Å². The summed E-state index contributed by atoms with van der Waals surface area (Å²) in [5.74, 6) is 0. The SMILES string of the molecule is NS(=O)(=O)[13c]1[13cH][13cH][13cH][13cH][13cH]1. The fraction of sp³-hybridized carbons (Fsp3) is 0. The summed E-state index contributed by atoms with van der Waals surface area (Å²) in [7, 11) is -3.50. The molecular formula is C6H7NO2S. The second-order valence-electron chi connectivity index (χ2n) is 1.86. The van der Waals surface area contributed by atoms with Crippen LogP contribution in [0.4, 0.5) is 0 Å². The summed E-state index contributed by atoms with van der Waals surface area (Å²) in [6, 6.07) is 7.89. The number of benzene rings is 1. The van der Waals surface area contributed by atoms with Gasteiger partial charge in [0.1, 0.15) is 0 Å². The number of rotatable bonds is 1. The van der Waals surface area contributed by atoms with Gasteiger partial charge in [-0.3, -0.25) is 0 Å². The predicted octanol–water partition coefficient (Wildman–Crippen LogP) is 0.334. The molecule has 0 fully saturated rings. The van der Waals surface area contributed by atoms with Crippen molar-refractivity contribution in [2.75, 3.05) is 0 Å². The Hall–Kier alpha value is -0.870. The molecule has 0 atom stereocenters. The molecule has 0 saturated heterocycles. The summed E-state index contributed by atoms with van der Waals surface area (Å²) in [4.78, 5) is 0.148. The molecule has 4 heteroatoms. The van der Waals surface area contributed by atoms with E-state index >= 15 is 0 Å². The average Bonchev–Trinajstić information content (AvgIpc) is 1.88. The minimum absolute atomic E-state index is 0.148.